The second-order valence-corrected chi connectivity index (χ2v) is 16.0. The molecule has 0 bridgehead atoms. The summed E-state index contributed by atoms with van der Waals surface area (Å²) < 4.78 is 9.06. The average Bonchev–Trinajstić information content (AvgIpc) is 3.72. The normalized spacial score (nSPS) is 12.5. The maximum atomic E-state index is 6.63. The molecule has 0 N–H and O–H groups in total. The molecule has 9 aromatic rings. The average molecular weight is 677 g/mol. The Hall–Kier alpha value is -5.67. The lowest BCUT2D eigenvalue weighted by molar-refractivity contribution is 0.590. The SMILES string of the molecule is CC(C)c1cc(-c2ccc(C(C)(C)C)cc2)cc(C(C)C)c1-n1c(-c2ccc3oc4c(ccc5c6ccccc6ccc54)c3c2)nc2ccccc21. The van der Waals surface area contributed by atoms with E-state index in [4.69, 9.17) is 9.40 Å². The van der Waals surface area contributed by atoms with E-state index in [0.29, 0.717) is 11.8 Å². The summed E-state index contributed by atoms with van der Waals surface area (Å²) in [7, 11) is 0. The van der Waals surface area contributed by atoms with Crippen LogP contribution in [0.5, 0.6) is 0 Å². The maximum Gasteiger partial charge on any atom is 0.145 e. The highest BCUT2D eigenvalue weighted by molar-refractivity contribution is 6.20. The van der Waals surface area contributed by atoms with Crippen molar-refractivity contribution in [3.8, 4) is 28.2 Å². The molecule has 0 saturated heterocycles. The Kier molecular flexibility index (Phi) is 7.41. The van der Waals surface area contributed by atoms with Crippen LogP contribution in [0.25, 0.3) is 82.7 Å². The van der Waals surface area contributed by atoms with Crippen LogP contribution in [0.2, 0.25) is 0 Å². The number of fused-ring (bicyclic) bond motifs is 8. The zero-order valence-corrected chi connectivity index (χ0v) is 31.1. The molecule has 2 heterocycles. The molecule has 3 heteroatoms. The number of para-hydroxylation sites is 2. The van der Waals surface area contributed by atoms with Gasteiger partial charge in [0.05, 0.1) is 16.7 Å². The minimum Gasteiger partial charge on any atom is -0.455 e. The molecule has 3 nitrogen and oxygen atoms in total. The van der Waals surface area contributed by atoms with Gasteiger partial charge in [-0.3, -0.25) is 4.57 Å². The Bertz CT molecular complexity index is 2790. The Morgan fingerprint density at radius 1 is 0.558 bits per heavy atom. The van der Waals surface area contributed by atoms with Crippen LogP contribution in [0.1, 0.15) is 77.0 Å². The maximum absolute atomic E-state index is 6.63. The summed E-state index contributed by atoms with van der Waals surface area (Å²) in [6.07, 6.45) is 0. The van der Waals surface area contributed by atoms with Crippen molar-refractivity contribution < 1.29 is 4.42 Å². The first-order valence-electron chi connectivity index (χ1n) is 18.6. The highest BCUT2D eigenvalue weighted by Gasteiger charge is 2.24. The van der Waals surface area contributed by atoms with E-state index in [1.54, 1.807) is 0 Å². The summed E-state index contributed by atoms with van der Waals surface area (Å²) >= 11 is 0. The third-order valence-corrected chi connectivity index (χ3v) is 10.9. The zero-order valence-electron chi connectivity index (χ0n) is 31.1. The van der Waals surface area contributed by atoms with Crippen LogP contribution >= 0.6 is 0 Å². The topological polar surface area (TPSA) is 31.0 Å². The first-order chi connectivity index (χ1) is 25.1. The van der Waals surface area contributed by atoms with E-state index in [-0.39, 0.29) is 5.41 Å². The van der Waals surface area contributed by atoms with Crippen molar-refractivity contribution in [1.29, 1.82) is 0 Å². The predicted molar refractivity (Wildman–Crippen MR) is 221 cm³/mol. The Morgan fingerprint density at radius 2 is 1.19 bits per heavy atom. The van der Waals surface area contributed by atoms with Gasteiger partial charge in [-0.05, 0) is 116 Å². The smallest absolute Gasteiger partial charge is 0.145 e. The van der Waals surface area contributed by atoms with E-state index < -0.39 is 0 Å². The van der Waals surface area contributed by atoms with Gasteiger partial charge in [0.25, 0.3) is 0 Å². The Morgan fingerprint density at radius 3 is 1.92 bits per heavy atom. The number of imidazole rings is 1. The molecule has 7 aromatic carbocycles. The number of furan rings is 1. The van der Waals surface area contributed by atoms with Gasteiger partial charge in [0.1, 0.15) is 17.0 Å². The molecule has 0 aliphatic carbocycles. The van der Waals surface area contributed by atoms with Gasteiger partial charge in [-0.15, -0.1) is 0 Å². The highest BCUT2D eigenvalue weighted by Crippen LogP contribution is 2.42. The van der Waals surface area contributed by atoms with Crippen LogP contribution in [0.3, 0.4) is 0 Å². The molecule has 0 aliphatic rings. The molecule has 0 fully saturated rings. The molecule has 0 spiro atoms. The number of hydrogen-bond acceptors (Lipinski definition) is 2. The molecule has 52 heavy (non-hydrogen) atoms. The van der Waals surface area contributed by atoms with Gasteiger partial charge in [0, 0.05) is 21.7 Å². The van der Waals surface area contributed by atoms with Crippen molar-refractivity contribution in [1.82, 2.24) is 9.55 Å². The second-order valence-electron chi connectivity index (χ2n) is 16.0. The largest absolute Gasteiger partial charge is 0.455 e. The van der Waals surface area contributed by atoms with Crippen LogP contribution in [0.15, 0.2) is 132 Å². The van der Waals surface area contributed by atoms with Gasteiger partial charge in [0.2, 0.25) is 0 Å². The van der Waals surface area contributed by atoms with Gasteiger partial charge in [0.15, 0.2) is 0 Å². The summed E-state index contributed by atoms with van der Waals surface area (Å²) in [4.78, 5) is 5.36. The molecule has 256 valence electrons. The van der Waals surface area contributed by atoms with E-state index in [0.717, 1.165) is 49.7 Å². The van der Waals surface area contributed by atoms with E-state index in [1.807, 2.05) is 0 Å². The van der Waals surface area contributed by atoms with Crippen LogP contribution < -0.4 is 0 Å². The van der Waals surface area contributed by atoms with E-state index in [1.165, 1.54) is 49.7 Å². The molecular weight excluding hydrogens is 633 g/mol. The number of benzene rings is 7. The lowest BCUT2D eigenvalue weighted by atomic mass is 9.85. The van der Waals surface area contributed by atoms with E-state index in [9.17, 15) is 0 Å². The number of nitrogens with zero attached hydrogens (tertiary/aromatic N) is 2. The van der Waals surface area contributed by atoms with Crippen molar-refractivity contribution in [2.75, 3.05) is 0 Å². The minimum atomic E-state index is 0.113. The number of rotatable bonds is 5. The number of hydrogen-bond donors (Lipinski definition) is 0. The summed E-state index contributed by atoms with van der Waals surface area (Å²) in [6.45, 7) is 16.1. The third-order valence-electron chi connectivity index (χ3n) is 10.9. The van der Waals surface area contributed by atoms with Gasteiger partial charge < -0.3 is 4.42 Å². The third kappa shape index (κ3) is 5.13. The molecular formula is C49H44N2O. The summed E-state index contributed by atoms with van der Waals surface area (Å²) in [6, 6.07) is 46.6. The van der Waals surface area contributed by atoms with Gasteiger partial charge >= 0.3 is 0 Å². The predicted octanol–water partition coefficient (Wildman–Crippen LogP) is 14.1. The molecule has 0 atom stereocenters. The molecule has 9 rings (SSSR count). The van der Waals surface area contributed by atoms with Crippen molar-refractivity contribution in [2.24, 2.45) is 0 Å². The minimum absolute atomic E-state index is 0.113. The summed E-state index contributed by atoms with van der Waals surface area (Å²) in [5.74, 6) is 1.52. The fourth-order valence-electron chi connectivity index (χ4n) is 8.06. The number of aromatic nitrogens is 2. The molecule has 0 radical (unpaired) electrons. The van der Waals surface area contributed by atoms with Gasteiger partial charge in [-0.1, -0.05) is 121 Å². The fraction of sp³-hybridized carbons (Fsp3) is 0.204. The second kappa shape index (κ2) is 12.0. The van der Waals surface area contributed by atoms with E-state index >= 15 is 0 Å². The van der Waals surface area contributed by atoms with Gasteiger partial charge in [-0.25, -0.2) is 4.98 Å². The first-order valence-corrected chi connectivity index (χ1v) is 18.6. The van der Waals surface area contributed by atoms with E-state index in [2.05, 4.69) is 180 Å². The first kappa shape index (κ1) is 32.3. The van der Waals surface area contributed by atoms with Crippen LogP contribution in [-0.4, -0.2) is 9.55 Å². The molecule has 0 saturated carbocycles. The van der Waals surface area contributed by atoms with Crippen molar-refractivity contribution in [3.05, 3.63) is 144 Å². The summed E-state index contributed by atoms with van der Waals surface area (Å²) in [5.41, 5.74) is 12.8. The molecule has 0 aliphatic heterocycles. The quantitative estimate of drug-likeness (QED) is 0.170. The monoisotopic (exact) mass is 676 g/mol. The Labute approximate surface area is 305 Å². The van der Waals surface area contributed by atoms with Gasteiger partial charge in [-0.2, -0.15) is 0 Å². The van der Waals surface area contributed by atoms with Crippen molar-refractivity contribution >= 4 is 54.5 Å². The standard InChI is InChI=1S/C49H44N2O/c1-29(2)40-27-34(31-16-20-35(21-17-31)49(5,6)7)28-41(30(3)4)46(40)51-44-15-11-10-14-43(44)50-48(51)33-19-25-45-42(26-33)39-24-23-37-36-13-9-8-12-32(36)18-22-38(37)47(39)52-45/h8-30H,1-7H3. The summed E-state index contributed by atoms with van der Waals surface area (Å²) in [5, 5.41) is 7.05. The molecule has 0 unspecified atom stereocenters. The van der Waals surface area contributed by atoms with Crippen LogP contribution in [0, 0.1) is 0 Å². The van der Waals surface area contributed by atoms with Crippen molar-refractivity contribution in [2.45, 2.75) is 65.7 Å². The van der Waals surface area contributed by atoms with Crippen LogP contribution in [-0.2, 0) is 5.41 Å². The molecule has 0 amide bonds. The lowest BCUT2D eigenvalue weighted by Gasteiger charge is -2.25. The highest BCUT2D eigenvalue weighted by atomic mass is 16.3. The fourth-order valence-corrected chi connectivity index (χ4v) is 8.06. The van der Waals surface area contributed by atoms with Crippen LogP contribution in [0.4, 0.5) is 0 Å². The zero-order chi connectivity index (χ0) is 35.9. The lowest BCUT2D eigenvalue weighted by Crippen LogP contribution is -2.11. The van der Waals surface area contributed by atoms with Crippen molar-refractivity contribution in [3.63, 3.8) is 0 Å². The Balaban J connectivity index is 1.27. The molecule has 2 aromatic heterocycles.